The van der Waals surface area contributed by atoms with E-state index in [1.165, 1.54) is 0 Å². The van der Waals surface area contributed by atoms with Crippen molar-refractivity contribution < 1.29 is 32.0 Å². The van der Waals surface area contributed by atoms with E-state index in [2.05, 4.69) is 5.32 Å². The number of ether oxygens (including phenoxy) is 1. The van der Waals surface area contributed by atoms with Crippen LogP contribution in [0.25, 0.3) is 0 Å². The SMILES string of the molecule is CS(=O)(=O)OC1CC(C(=O)O)C(C(=O)OCc2ccccc2)N1. The molecule has 1 aliphatic rings. The smallest absolute Gasteiger partial charge is 0.324 e. The zero-order valence-electron chi connectivity index (χ0n) is 12.3. The molecule has 23 heavy (non-hydrogen) atoms. The number of rotatable bonds is 6. The fourth-order valence-electron chi connectivity index (χ4n) is 2.32. The van der Waals surface area contributed by atoms with Crippen molar-refractivity contribution in [2.24, 2.45) is 5.92 Å². The van der Waals surface area contributed by atoms with Crippen LogP contribution in [0.15, 0.2) is 30.3 Å². The van der Waals surface area contributed by atoms with E-state index in [1.807, 2.05) is 6.07 Å². The number of aliphatic carboxylic acids is 1. The summed E-state index contributed by atoms with van der Waals surface area (Å²) in [5.41, 5.74) is 0.759. The maximum atomic E-state index is 12.1. The number of carboxylic acids is 1. The molecule has 9 heteroatoms. The molecule has 2 N–H and O–H groups in total. The molecule has 0 radical (unpaired) electrons. The van der Waals surface area contributed by atoms with Crippen molar-refractivity contribution >= 4 is 22.1 Å². The van der Waals surface area contributed by atoms with Gasteiger partial charge in [0, 0.05) is 6.42 Å². The Labute approximate surface area is 133 Å². The van der Waals surface area contributed by atoms with Crippen LogP contribution in [0.4, 0.5) is 0 Å². The van der Waals surface area contributed by atoms with Crippen LogP contribution in [0.3, 0.4) is 0 Å². The van der Waals surface area contributed by atoms with E-state index in [4.69, 9.17) is 8.92 Å². The Morgan fingerprint density at radius 3 is 2.52 bits per heavy atom. The first kappa shape index (κ1) is 17.4. The lowest BCUT2D eigenvalue weighted by atomic mass is 10.0. The number of esters is 1. The summed E-state index contributed by atoms with van der Waals surface area (Å²) < 4.78 is 32.1. The Morgan fingerprint density at radius 2 is 1.96 bits per heavy atom. The fourth-order valence-corrected chi connectivity index (χ4v) is 2.88. The lowest BCUT2D eigenvalue weighted by Crippen LogP contribution is -2.42. The number of hydrogen-bond donors (Lipinski definition) is 2. The van der Waals surface area contributed by atoms with E-state index in [0.717, 1.165) is 11.8 Å². The second kappa shape index (κ2) is 7.07. The molecule has 1 saturated heterocycles. The topological polar surface area (TPSA) is 119 Å². The summed E-state index contributed by atoms with van der Waals surface area (Å²) in [6.07, 6.45) is -0.362. The van der Waals surface area contributed by atoms with Crippen LogP contribution in [0.5, 0.6) is 0 Å². The molecule has 3 unspecified atom stereocenters. The third-order valence-corrected chi connectivity index (χ3v) is 3.90. The Balaban J connectivity index is 2.00. The summed E-state index contributed by atoms with van der Waals surface area (Å²) in [5.74, 6) is -3.11. The van der Waals surface area contributed by atoms with Gasteiger partial charge in [-0.25, -0.2) is 0 Å². The van der Waals surface area contributed by atoms with Crippen LogP contribution in [0.2, 0.25) is 0 Å². The van der Waals surface area contributed by atoms with Gasteiger partial charge in [0.25, 0.3) is 10.1 Å². The Bertz CT molecular complexity index is 674. The summed E-state index contributed by atoms with van der Waals surface area (Å²) in [6, 6.07) is 7.75. The van der Waals surface area contributed by atoms with E-state index >= 15 is 0 Å². The minimum absolute atomic E-state index is 0.00178. The number of carbonyl (C=O) groups is 2. The van der Waals surface area contributed by atoms with Gasteiger partial charge in [0.1, 0.15) is 18.9 Å². The summed E-state index contributed by atoms with van der Waals surface area (Å²) in [6.45, 7) is 0.00178. The predicted molar refractivity (Wildman–Crippen MR) is 78.6 cm³/mol. The molecule has 0 aromatic heterocycles. The van der Waals surface area contributed by atoms with Crippen molar-refractivity contribution in [3.63, 3.8) is 0 Å². The molecule has 0 bridgehead atoms. The van der Waals surface area contributed by atoms with Crippen LogP contribution >= 0.6 is 0 Å². The average Bonchev–Trinajstić information content (AvgIpc) is 2.88. The maximum Gasteiger partial charge on any atom is 0.324 e. The normalized spacial score (nSPS) is 24.3. The monoisotopic (exact) mass is 343 g/mol. The zero-order chi connectivity index (χ0) is 17.0. The molecule has 0 spiro atoms. The quantitative estimate of drug-likeness (QED) is 0.551. The molecule has 1 fully saturated rings. The molecular weight excluding hydrogens is 326 g/mol. The number of hydrogen-bond acceptors (Lipinski definition) is 7. The van der Waals surface area contributed by atoms with Crippen molar-refractivity contribution in [3.05, 3.63) is 35.9 Å². The second-order valence-corrected chi connectivity index (χ2v) is 6.81. The maximum absolute atomic E-state index is 12.1. The van der Waals surface area contributed by atoms with E-state index < -0.39 is 40.2 Å². The first-order valence-electron chi connectivity index (χ1n) is 6.84. The molecule has 2 rings (SSSR count). The molecular formula is C14H17NO7S. The van der Waals surface area contributed by atoms with E-state index in [-0.39, 0.29) is 13.0 Å². The molecule has 126 valence electrons. The van der Waals surface area contributed by atoms with Gasteiger partial charge in [-0.1, -0.05) is 30.3 Å². The Hall–Kier alpha value is -1.97. The van der Waals surface area contributed by atoms with Crippen molar-refractivity contribution in [1.82, 2.24) is 5.32 Å². The van der Waals surface area contributed by atoms with Gasteiger partial charge in [-0.3, -0.25) is 19.1 Å². The third-order valence-electron chi connectivity index (χ3n) is 3.32. The van der Waals surface area contributed by atoms with Crippen LogP contribution in [0.1, 0.15) is 12.0 Å². The molecule has 0 aliphatic carbocycles. The van der Waals surface area contributed by atoms with Gasteiger partial charge in [-0.05, 0) is 5.56 Å². The highest BCUT2D eigenvalue weighted by Gasteiger charge is 2.45. The van der Waals surface area contributed by atoms with Gasteiger partial charge >= 0.3 is 11.9 Å². The molecule has 1 aliphatic heterocycles. The van der Waals surface area contributed by atoms with Crippen molar-refractivity contribution in [2.75, 3.05) is 6.26 Å². The summed E-state index contributed by atoms with van der Waals surface area (Å²) in [7, 11) is -3.77. The van der Waals surface area contributed by atoms with Gasteiger partial charge in [0.2, 0.25) is 0 Å². The second-order valence-electron chi connectivity index (χ2n) is 5.21. The third kappa shape index (κ3) is 5.02. The number of carbonyl (C=O) groups excluding carboxylic acids is 1. The molecule has 3 atom stereocenters. The van der Waals surface area contributed by atoms with Crippen LogP contribution in [0, 0.1) is 5.92 Å². The fraction of sp³-hybridized carbons (Fsp3) is 0.429. The zero-order valence-corrected chi connectivity index (χ0v) is 13.2. The minimum Gasteiger partial charge on any atom is -0.481 e. The summed E-state index contributed by atoms with van der Waals surface area (Å²) >= 11 is 0. The molecule has 1 aromatic rings. The number of carboxylic acid groups (broad SMARTS) is 1. The first-order chi connectivity index (χ1) is 10.8. The molecule has 0 amide bonds. The van der Waals surface area contributed by atoms with E-state index in [9.17, 15) is 23.1 Å². The van der Waals surface area contributed by atoms with Crippen molar-refractivity contribution in [3.8, 4) is 0 Å². The number of benzene rings is 1. The van der Waals surface area contributed by atoms with Gasteiger partial charge in [0.05, 0.1) is 12.2 Å². The van der Waals surface area contributed by atoms with Gasteiger partial charge in [0.15, 0.2) is 0 Å². The lowest BCUT2D eigenvalue weighted by Gasteiger charge is -2.15. The summed E-state index contributed by atoms with van der Waals surface area (Å²) in [4.78, 5) is 23.3. The van der Waals surface area contributed by atoms with Gasteiger partial charge in [-0.15, -0.1) is 0 Å². The predicted octanol–water partition coefficient (Wildman–Crippen LogP) is 0.0948. The Kier molecular flexibility index (Phi) is 5.34. The standard InChI is InChI=1S/C14H17NO7S/c1-23(19,20)22-11-7-10(13(16)17)12(15-11)14(18)21-8-9-5-3-2-4-6-9/h2-6,10-12,15H,7-8H2,1H3,(H,16,17). The minimum atomic E-state index is -3.77. The van der Waals surface area contributed by atoms with Gasteiger partial charge in [-0.2, -0.15) is 8.42 Å². The van der Waals surface area contributed by atoms with Crippen LogP contribution in [-0.4, -0.2) is 44.0 Å². The van der Waals surface area contributed by atoms with Gasteiger partial charge < -0.3 is 9.84 Å². The Morgan fingerprint density at radius 1 is 1.30 bits per heavy atom. The van der Waals surface area contributed by atoms with Crippen molar-refractivity contribution in [1.29, 1.82) is 0 Å². The van der Waals surface area contributed by atoms with Crippen LogP contribution < -0.4 is 5.32 Å². The highest BCUT2D eigenvalue weighted by atomic mass is 32.2. The largest absolute Gasteiger partial charge is 0.481 e. The molecule has 0 saturated carbocycles. The van der Waals surface area contributed by atoms with Crippen molar-refractivity contribution in [2.45, 2.75) is 25.3 Å². The van der Waals surface area contributed by atoms with Crippen LogP contribution in [-0.2, 0) is 35.2 Å². The van der Waals surface area contributed by atoms with E-state index in [1.54, 1.807) is 24.3 Å². The lowest BCUT2D eigenvalue weighted by molar-refractivity contribution is -0.154. The van der Waals surface area contributed by atoms with E-state index in [0.29, 0.717) is 0 Å². The average molecular weight is 343 g/mol. The summed E-state index contributed by atoms with van der Waals surface area (Å²) in [5, 5.41) is 11.7. The first-order valence-corrected chi connectivity index (χ1v) is 8.65. The number of nitrogens with one attached hydrogen (secondary N) is 1. The molecule has 1 heterocycles. The molecule has 1 aromatic carbocycles. The molecule has 8 nitrogen and oxygen atoms in total. The highest BCUT2D eigenvalue weighted by molar-refractivity contribution is 7.86. The highest BCUT2D eigenvalue weighted by Crippen LogP contribution is 2.24.